The summed E-state index contributed by atoms with van der Waals surface area (Å²) in [6, 6.07) is 15.3. The van der Waals surface area contributed by atoms with Gasteiger partial charge in [0.2, 0.25) is 0 Å². The van der Waals surface area contributed by atoms with Gasteiger partial charge < -0.3 is 10.0 Å². The largest absolute Gasteiger partial charge is 0.506 e. The molecular weight excluding hydrogens is 316 g/mol. The minimum Gasteiger partial charge on any atom is -0.506 e. The lowest BCUT2D eigenvalue weighted by Gasteiger charge is -2.27. The maximum absolute atomic E-state index is 12.6. The molecule has 126 valence electrons. The average molecular weight is 334 g/mol. The van der Waals surface area contributed by atoms with Crippen molar-refractivity contribution < 1.29 is 9.90 Å². The van der Waals surface area contributed by atoms with Gasteiger partial charge in [0.15, 0.2) is 0 Å². The molecule has 1 aliphatic heterocycles. The van der Waals surface area contributed by atoms with Crippen LogP contribution in [0.4, 0.5) is 0 Å². The zero-order valence-corrected chi connectivity index (χ0v) is 13.7. The Labute approximate surface area is 145 Å². The van der Waals surface area contributed by atoms with Crippen LogP contribution in [0.25, 0.3) is 0 Å². The summed E-state index contributed by atoms with van der Waals surface area (Å²) in [5, 5.41) is 14.0. The molecule has 1 aromatic carbocycles. The molecule has 0 saturated heterocycles. The Kier molecular flexibility index (Phi) is 3.93. The highest BCUT2D eigenvalue weighted by Gasteiger charge is 2.24. The second kappa shape index (κ2) is 6.39. The van der Waals surface area contributed by atoms with Gasteiger partial charge in [0.1, 0.15) is 11.4 Å². The Morgan fingerprint density at radius 2 is 1.96 bits per heavy atom. The molecule has 0 unspecified atom stereocenters. The van der Waals surface area contributed by atoms with E-state index in [2.05, 4.69) is 28.3 Å². The number of fused-ring (bicyclic) bond motifs is 1. The quantitative estimate of drug-likeness (QED) is 0.797. The zero-order chi connectivity index (χ0) is 17.2. The molecule has 0 bridgehead atoms. The molecule has 4 rings (SSSR count). The summed E-state index contributed by atoms with van der Waals surface area (Å²) in [5.41, 5.74) is 3.61. The van der Waals surface area contributed by atoms with Crippen LogP contribution in [0, 0.1) is 0 Å². The first kappa shape index (κ1) is 15.4. The van der Waals surface area contributed by atoms with E-state index in [1.807, 2.05) is 22.9 Å². The first-order valence-electron chi connectivity index (χ1n) is 8.23. The molecule has 0 atom stereocenters. The van der Waals surface area contributed by atoms with Crippen molar-refractivity contribution in [3.8, 4) is 5.75 Å². The lowest BCUT2D eigenvalue weighted by molar-refractivity contribution is 0.0700. The van der Waals surface area contributed by atoms with Gasteiger partial charge in [0, 0.05) is 13.0 Å². The van der Waals surface area contributed by atoms with Crippen LogP contribution in [0.1, 0.15) is 27.4 Å². The first-order chi connectivity index (χ1) is 12.2. The molecule has 6 nitrogen and oxygen atoms in total. The third-order valence-corrected chi connectivity index (χ3v) is 4.33. The zero-order valence-electron chi connectivity index (χ0n) is 13.7. The molecule has 0 spiro atoms. The van der Waals surface area contributed by atoms with Crippen LogP contribution >= 0.6 is 0 Å². The summed E-state index contributed by atoms with van der Waals surface area (Å²) < 4.78 is 1.98. The van der Waals surface area contributed by atoms with E-state index in [0.29, 0.717) is 25.3 Å². The predicted molar refractivity (Wildman–Crippen MR) is 92.1 cm³/mol. The maximum Gasteiger partial charge on any atom is 0.272 e. The highest BCUT2D eigenvalue weighted by molar-refractivity contribution is 5.92. The first-order valence-corrected chi connectivity index (χ1v) is 8.23. The third kappa shape index (κ3) is 3.24. The fourth-order valence-electron chi connectivity index (χ4n) is 3.07. The number of aromatic nitrogens is 3. The Balaban J connectivity index is 1.49. The molecule has 2 aromatic heterocycles. The summed E-state index contributed by atoms with van der Waals surface area (Å²) in [6.07, 6.45) is 2.08. The van der Waals surface area contributed by atoms with Gasteiger partial charge in [-0.15, -0.1) is 0 Å². The molecule has 0 radical (unpaired) electrons. The Morgan fingerprint density at radius 1 is 1.12 bits per heavy atom. The number of hydrogen-bond acceptors (Lipinski definition) is 4. The third-order valence-electron chi connectivity index (χ3n) is 4.33. The monoisotopic (exact) mass is 334 g/mol. The van der Waals surface area contributed by atoms with Crippen LogP contribution in [0.2, 0.25) is 0 Å². The van der Waals surface area contributed by atoms with Gasteiger partial charge in [-0.05, 0) is 23.8 Å². The minimum absolute atomic E-state index is 0.0545. The summed E-state index contributed by atoms with van der Waals surface area (Å²) in [6.45, 7) is 1.79. The highest BCUT2D eigenvalue weighted by Crippen LogP contribution is 2.18. The molecule has 1 amide bonds. The Hall–Kier alpha value is -3.15. The van der Waals surface area contributed by atoms with Crippen molar-refractivity contribution in [2.24, 2.45) is 0 Å². The van der Waals surface area contributed by atoms with Gasteiger partial charge in [-0.3, -0.25) is 9.48 Å². The number of pyridine rings is 1. The molecule has 1 aliphatic rings. The average Bonchev–Trinajstić information content (AvgIpc) is 3.04. The molecule has 0 aliphatic carbocycles. The number of benzene rings is 1. The van der Waals surface area contributed by atoms with Gasteiger partial charge in [-0.25, -0.2) is 4.98 Å². The van der Waals surface area contributed by atoms with Gasteiger partial charge in [0.25, 0.3) is 5.91 Å². The standard InChI is InChI=1S/C19H18N4O2/c24-17-6-7-18(20-12-17)19(25)22-8-9-23-16(13-22)11-15(21-23)10-14-4-2-1-3-5-14/h1-7,11-12,24H,8-10,13H2. The number of nitrogens with zero attached hydrogens (tertiary/aromatic N) is 4. The van der Waals surface area contributed by atoms with Gasteiger partial charge in [-0.1, -0.05) is 30.3 Å². The van der Waals surface area contributed by atoms with Gasteiger partial charge >= 0.3 is 0 Å². The second-order valence-electron chi connectivity index (χ2n) is 6.14. The lowest BCUT2D eigenvalue weighted by atomic mass is 10.1. The van der Waals surface area contributed by atoms with E-state index in [1.54, 1.807) is 11.0 Å². The summed E-state index contributed by atoms with van der Waals surface area (Å²) >= 11 is 0. The summed E-state index contributed by atoms with van der Waals surface area (Å²) in [7, 11) is 0. The molecule has 3 heterocycles. The van der Waals surface area contributed by atoms with Crippen molar-refractivity contribution in [1.29, 1.82) is 0 Å². The molecule has 25 heavy (non-hydrogen) atoms. The molecule has 3 aromatic rings. The maximum atomic E-state index is 12.6. The van der Waals surface area contributed by atoms with Crippen LogP contribution < -0.4 is 0 Å². The molecular formula is C19H18N4O2. The Morgan fingerprint density at radius 3 is 2.72 bits per heavy atom. The Bertz CT molecular complexity index is 888. The van der Waals surface area contributed by atoms with E-state index in [4.69, 9.17) is 0 Å². The van der Waals surface area contributed by atoms with Crippen LogP contribution in [0.5, 0.6) is 5.75 Å². The van der Waals surface area contributed by atoms with Gasteiger partial charge in [0.05, 0.1) is 30.7 Å². The topological polar surface area (TPSA) is 71.2 Å². The number of amides is 1. The number of carbonyl (C=O) groups is 1. The highest BCUT2D eigenvalue weighted by atomic mass is 16.3. The van der Waals surface area contributed by atoms with Crippen LogP contribution in [-0.4, -0.2) is 37.2 Å². The van der Waals surface area contributed by atoms with E-state index in [9.17, 15) is 9.90 Å². The second-order valence-corrected chi connectivity index (χ2v) is 6.14. The van der Waals surface area contributed by atoms with E-state index in [0.717, 1.165) is 17.8 Å². The number of hydrogen-bond donors (Lipinski definition) is 1. The van der Waals surface area contributed by atoms with Crippen molar-refractivity contribution in [2.75, 3.05) is 6.54 Å². The number of aromatic hydroxyl groups is 1. The molecule has 1 N–H and O–H groups in total. The summed E-state index contributed by atoms with van der Waals surface area (Å²) in [5.74, 6) is -0.0733. The van der Waals surface area contributed by atoms with Crippen LogP contribution in [0.3, 0.4) is 0 Å². The van der Waals surface area contributed by atoms with Crippen molar-refractivity contribution >= 4 is 5.91 Å². The normalized spacial score (nSPS) is 13.5. The predicted octanol–water partition coefficient (Wildman–Crippen LogP) is 2.23. The smallest absolute Gasteiger partial charge is 0.272 e. The molecule has 0 saturated carbocycles. The van der Waals surface area contributed by atoms with Crippen molar-refractivity contribution in [1.82, 2.24) is 19.7 Å². The van der Waals surface area contributed by atoms with Crippen molar-refractivity contribution in [3.63, 3.8) is 0 Å². The van der Waals surface area contributed by atoms with E-state index in [1.165, 1.54) is 17.8 Å². The minimum atomic E-state index is -0.128. The van der Waals surface area contributed by atoms with Crippen molar-refractivity contribution in [2.45, 2.75) is 19.5 Å². The van der Waals surface area contributed by atoms with E-state index in [-0.39, 0.29) is 11.7 Å². The fourth-order valence-corrected chi connectivity index (χ4v) is 3.07. The lowest BCUT2D eigenvalue weighted by Crippen LogP contribution is -2.38. The molecule has 6 heteroatoms. The van der Waals surface area contributed by atoms with E-state index < -0.39 is 0 Å². The van der Waals surface area contributed by atoms with Crippen LogP contribution in [0.15, 0.2) is 54.7 Å². The van der Waals surface area contributed by atoms with Gasteiger partial charge in [-0.2, -0.15) is 5.10 Å². The van der Waals surface area contributed by atoms with E-state index >= 15 is 0 Å². The van der Waals surface area contributed by atoms with Crippen molar-refractivity contribution in [3.05, 3.63) is 77.4 Å². The summed E-state index contributed by atoms with van der Waals surface area (Å²) in [4.78, 5) is 18.3. The number of carbonyl (C=O) groups excluding carboxylic acids is 1. The molecule has 0 fully saturated rings. The van der Waals surface area contributed by atoms with Crippen LogP contribution in [-0.2, 0) is 19.5 Å². The fraction of sp³-hybridized carbons (Fsp3) is 0.211. The SMILES string of the molecule is O=C(c1ccc(O)cn1)N1CCn2nc(Cc3ccccc3)cc2C1. The number of rotatable bonds is 3.